The third-order valence-electron chi connectivity index (χ3n) is 4.41. The van der Waals surface area contributed by atoms with Crippen LogP contribution in [0.5, 0.6) is 5.75 Å². The Labute approximate surface area is 176 Å². The predicted octanol–water partition coefficient (Wildman–Crippen LogP) is 1.06. The first-order chi connectivity index (χ1) is 14.8. The zero-order valence-corrected chi connectivity index (χ0v) is 16.5. The summed E-state index contributed by atoms with van der Waals surface area (Å²) in [7, 11) is 0. The number of nitrogens with zero attached hydrogens (tertiary/aromatic N) is 2. The van der Waals surface area contributed by atoms with Crippen LogP contribution in [0.4, 0.5) is 17.5 Å². The molecule has 11 nitrogen and oxygen atoms in total. The van der Waals surface area contributed by atoms with Crippen molar-refractivity contribution in [2.24, 2.45) is 11.5 Å². The maximum atomic E-state index is 12.4. The molecule has 0 bridgehead atoms. The predicted molar refractivity (Wildman–Crippen MR) is 115 cm³/mol. The summed E-state index contributed by atoms with van der Waals surface area (Å²) in [5.74, 6) is -1.78. The average Bonchev–Trinajstić information content (AvgIpc) is 2.71. The first-order valence-electron chi connectivity index (χ1n) is 9.31. The molecule has 2 amide bonds. The number of pyridine rings is 1. The van der Waals surface area contributed by atoms with Crippen LogP contribution in [0.15, 0.2) is 47.4 Å². The molecule has 0 saturated carbocycles. The molecule has 1 atom stereocenters. The molecule has 160 valence electrons. The maximum Gasteiger partial charge on any atom is 0.267 e. The second-order valence-corrected chi connectivity index (χ2v) is 6.59. The van der Waals surface area contributed by atoms with Crippen LogP contribution in [-0.4, -0.2) is 37.9 Å². The number of nitrogens with one attached hydrogen (secondary N) is 3. The lowest BCUT2D eigenvalue weighted by molar-refractivity contribution is -0.118. The topological polar surface area (TPSA) is 189 Å². The minimum atomic E-state index is -0.983. The van der Waals surface area contributed by atoms with Crippen LogP contribution in [0, 0.1) is 0 Å². The number of anilines is 3. The van der Waals surface area contributed by atoms with Crippen LogP contribution in [0.25, 0.3) is 11.3 Å². The van der Waals surface area contributed by atoms with Gasteiger partial charge in [0.2, 0.25) is 11.9 Å². The van der Waals surface area contributed by atoms with E-state index in [1.165, 1.54) is 6.07 Å². The number of carbonyl (C=O) groups excluding carboxylic acids is 2. The van der Waals surface area contributed by atoms with Gasteiger partial charge in [0, 0.05) is 17.4 Å². The van der Waals surface area contributed by atoms with Crippen molar-refractivity contribution in [3.05, 3.63) is 58.5 Å². The quantitative estimate of drug-likeness (QED) is 0.310. The van der Waals surface area contributed by atoms with Crippen molar-refractivity contribution in [2.75, 3.05) is 10.6 Å². The summed E-state index contributed by atoms with van der Waals surface area (Å²) >= 11 is 0. The highest BCUT2D eigenvalue weighted by Gasteiger charge is 2.20. The number of nitrogens with two attached hydrogens (primary N) is 2. The van der Waals surface area contributed by atoms with E-state index in [1.54, 1.807) is 43.5 Å². The van der Waals surface area contributed by atoms with Gasteiger partial charge >= 0.3 is 0 Å². The van der Waals surface area contributed by atoms with Crippen LogP contribution in [0.2, 0.25) is 0 Å². The number of hydrogen-bond donors (Lipinski definition) is 6. The number of aromatic amines is 1. The zero-order chi connectivity index (χ0) is 22.5. The van der Waals surface area contributed by atoms with E-state index in [2.05, 4.69) is 25.6 Å². The number of H-pyrrole nitrogens is 1. The van der Waals surface area contributed by atoms with Crippen LogP contribution in [0.1, 0.15) is 23.7 Å². The lowest BCUT2D eigenvalue weighted by Crippen LogP contribution is -2.36. The number of hydrogen-bond acceptors (Lipinski definition) is 8. The van der Waals surface area contributed by atoms with Gasteiger partial charge in [0.25, 0.3) is 11.5 Å². The molecule has 0 fully saturated rings. The van der Waals surface area contributed by atoms with Gasteiger partial charge in [0.1, 0.15) is 23.0 Å². The molecule has 0 aliphatic carbocycles. The van der Waals surface area contributed by atoms with Gasteiger partial charge in [-0.3, -0.25) is 24.4 Å². The highest BCUT2D eigenvalue weighted by atomic mass is 16.3. The molecule has 8 N–H and O–H groups in total. The smallest absolute Gasteiger partial charge is 0.267 e. The Morgan fingerprint density at radius 1 is 1.23 bits per heavy atom. The molecule has 3 rings (SSSR count). The van der Waals surface area contributed by atoms with Gasteiger partial charge < -0.3 is 27.2 Å². The molecule has 31 heavy (non-hydrogen) atoms. The molecule has 0 aliphatic heterocycles. The highest BCUT2D eigenvalue weighted by molar-refractivity contribution is 5.98. The third kappa shape index (κ3) is 4.78. The van der Waals surface area contributed by atoms with Crippen molar-refractivity contribution in [3.8, 4) is 17.0 Å². The minimum absolute atomic E-state index is 0.00435. The van der Waals surface area contributed by atoms with E-state index in [1.807, 2.05) is 0 Å². The summed E-state index contributed by atoms with van der Waals surface area (Å²) < 4.78 is 0. The van der Waals surface area contributed by atoms with E-state index in [9.17, 15) is 19.5 Å². The Balaban J connectivity index is 2.01. The number of aromatic hydroxyl groups is 1. The molecule has 2 aromatic heterocycles. The monoisotopic (exact) mass is 423 g/mol. The summed E-state index contributed by atoms with van der Waals surface area (Å²) in [5.41, 5.74) is 10.9. The molecular formula is C20H21N7O4. The molecule has 0 radical (unpaired) electrons. The van der Waals surface area contributed by atoms with Crippen LogP contribution in [0.3, 0.4) is 0 Å². The van der Waals surface area contributed by atoms with Crippen molar-refractivity contribution in [1.29, 1.82) is 0 Å². The number of carbonyl (C=O) groups is 2. The maximum absolute atomic E-state index is 12.4. The van der Waals surface area contributed by atoms with E-state index in [4.69, 9.17) is 11.5 Å². The van der Waals surface area contributed by atoms with Gasteiger partial charge in [0.15, 0.2) is 5.82 Å². The van der Waals surface area contributed by atoms with Crippen molar-refractivity contribution in [2.45, 2.75) is 19.4 Å². The standard InChI is InChI=1S/C20H21N7O4/c1-2-12(16(21)29)25-20-26-18(14(17(22)30)19(31)27-20)24-11-6-3-5-10(9-11)15-13(28)7-4-8-23-15/h3-9,12,28H,2H2,1H3,(H2,21,29)(H2,22,30)(H3,24,25,26,27,31). The van der Waals surface area contributed by atoms with Gasteiger partial charge in [-0.25, -0.2) is 0 Å². The van der Waals surface area contributed by atoms with Crippen LogP contribution in [-0.2, 0) is 4.79 Å². The van der Waals surface area contributed by atoms with Crippen molar-refractivity contribution in [1.82, 2.24) is 15.0 Å². The minimum Gasteiger partial charge on any atom is -0.506 e. The molecule has 2 heterocycles. The normalized spacial score (nSPS) is 11.5. The molecular weight excluding hydrogens is 402 g/mol. The molecule has 1 unspecified atom stereocenters. The van der Waals surface area contributed by atoms with E-state index in [0.29, 0.717) is 23.4 Å². The van der Waals surface area contributed by atoms with Gasteiger partial charge in [0.05, 0.1) is 0 Å². The molecule has 3 aromatic rings. The largest absolute Gasteiger partial charge is 0.506 e. The summed E-state index contributed by atoms with van der Waals surface area (Å²) in [6.07, 6.45) is 1.90. The van der Waals surface area contributed by atoms with Gasteiger partial charge in [-0.05, 0) is 30.7 Å². The Morgan fingerprint density at radius 2 is 2.00 bits per heavy atom. The van der Waals surface area contributed by atoms with E-state index >= 15 is 0 Å². The lowest BCUT2D eigenvalue weighted by Gasteiger charge is -2.16. The van der Waals surface area contributed by atoms with Crippen molar-refractivity contribution in [3.63, 3.8) is 0 Å². The number of amides is 2. The summed E-state index contributed by atoms with van der Waals surface area (Å²) in [6, 6.07) is 9.09. The average molecular weight is 423 g/mol. The van der Waals surface area contributed by atoms with Crippen LogP contribution >= 0.6 is 0 Å². The first kappa shape index (κ1) is 21.3. The van der Waals surface area contributed by atoms with Crippen molar-refractivity contribution >= 4 is 29.3 Å². The highest BCUT2D eigenvalue weighted by Crippen LogP contribution is 2.29. The van der Waals surface area contributed by atoms with Gasteiger partial charge in [-0.15, -0.1) is 0 Å². The zero-order valence-electron chi connectivity index (χ0n) is 16.5. The number of rotatable bonds is 8. The van der Waals surface area contributed by atoms with E-state index in [0.717, 1.165) is 0 Å². The molecule has 0 aliphatic rings. The molecule has 0 spiro atoms. The van der Waals surface area contributed by atoms with Crippen molar-refractivity contribution < 1.29 is 14.7 Å². The summed E-state index contributed by atoms with van der Waals surface area (Å²) in [6.45, 7) is 1.73. The van der Waals surface area contributed by atoms with Gasteiger partial charge in [-0.1, -0.05) is 19.1 Å². The summed E-state index contributed by atoms with van der Waals surface area (Å²) in [4.78, 5) is 46.5. The van der Waals surface area contributed by atoms with E-state index in [-0.39, 0.29) is 23.1 Å². The number of primary amides is 2. The Kier molecular flexibility index (Phi) is 6.15. The number of benzene rings is 1. The van der Waals surface area contributed by atoms with E-state index < -0.39 is 23.4 Å². The SMILES string of the molecule is CCC(Nc1nc(Nc2cccc(-c3ncccc3O)c2)c(C(N)=O)c(=O)[nH]1)C(N)=O. The fourth-order valence-electron chi connectivity index (χ4n) is 2.90. The lowest BCUT2D eigenvalue weighted by atomic mass is 10.1. The second kappa shape index (κ2) is 8.95. The Morgan fingerprint density at radius 3 is 2.65 bits per heavy atom. The second-order valence-electron chi connectivity index (χ2n) is 6.59. The molecule has 11 heteroatoms. The molecule has 1 aromatic carbocycles. The fourth-order valence-corrected chi connectivity index (χ4v) is 2.90. The summed E-state index contributed by atoms with van der Waals surface area (Å²) in [5, 5.41) is 15.7. The first-order valence-corrected chi connectivity index (χ1v) is 9.31. The van der Waals surface area contributed by atoms with Gasteiger partial charge in [-0.2, -0.15) is 4.98 Å². The Hall–Kier alpha value is -4.41. The third-order valence-corrected chi connectivity index (χ3v) is 4.41. The fraction of sp³-hybridized carbons (Fsp3) is 0.150. The Bertz CT molecular complexity index is 1190. The molecule has 0 saturated heterocycles. The van der Waals surface area contributed by atoms with Crippen LogP contribution < -0.4 is 27.7 Å². The number of aromatic nitrogens is 3.